The van der Waals surface area contributed by atoms with Crippen LogP contribution < -0.4 is 0 Å². The number of hydrogen-bond donors (Lipinski definition) is 1. The van der Waals surface area contributed by atoms with Crippen LogP contribution in [-0.2, 0) is 19.4 Å². The van der Waals surface area contributed by atoms with E-state index in [9.17, 15) is 5.11 Å². The molecule has 1 heterocycles. The molecule has 0 spiro atoms. The fraction of sp³-hybridized carbons (Fsp3) is 0.294. The maximum absolute atomic E-state index is 9.52. The molecule has 2 heteroatoms. The zero-order valence-corrected chi connectivity index (χ0v) is 11.0. The van der Waals surface area contributed by atoms with Crippen LogP contribution in [0.3, 0.4) is 0 Å². The number of fused-ring (bicyclic) bond motifs is 1. The summed E-state index contributed by atoms with van der Waals surface area (Å²) in [5.74, 6) is 0.357. The molecule has 1 N–H and O–H groups in total. The maximum Gasteiger partial charge on any atom is 0.115 e. The number of aromatic hydroxyl groups is 1. The summed E-state index contributed by atoms with van der Waals surface area (Å²) < 4.78 is 0. The highest BCUT2D eigenvalue weighted by Gasteiger charge is 2.13. The Morgan fingerprint density at radius 3 is 2.21 bits per heavy atom. The van der Waals surface area contributed by atoms with Crippen molar-refractivity contribution in [2.24, 2.45) is 0 Å². The molecule has 2 nitrogen and oxygen atoms in total. The first kappa shape index (κ1) is 12.2. The summed E-state index contributed by atoms with van der Waals surface area (Å²) in [6.45, 7) is 3.10. The van der Waals surface area contributed by atoms with Crippen molar-refractivity contribution < 1.29 is 5.11 Å². The van der Waals surface area contributed by atoms with Crippen LogP contribution in [0, 0.1) is 0 Å². The molecule has 0 atom stereocenters. The highest BCUT2D eigenvalue weighted by atomic mass is 16.3. The quantitative estimate of drug-likeness (QED) is 0.889. The van der Waals surface area contributed by atoms with Crippen molar-refractivity contribution >= 4 is 0 Å². The van der Waals surface area contributed by atoms with Gasteiger partial charge < -0.3 is 5.11 Å². The standard InChI is InChI=1S/C17H19NO/c19-17-7-3-4-14(12-17)13-18-10-8-15-5-1-2-6-16(15)9-11-18/h1-7,12,19H,8-11,13H2. The topological polar surface area (TPSA) is 23.5 Å². The van der Waals surface area contributed by atoms with Crippen LogP contribution in [0.25, 0.3) is 0 Å². The Hall–Kier alpha value is -1.80. The third-order valence-electron chi connectivity index (χ3n) is 3.83. The number of rotatable bonds is 2. The van der Waals surface area contributed by atoms with Crippen molar-refractivity contribution in [1.29, 1.82) is 0 Å². The third kappa shape index (κ3) is 2.96. The number of hydrogen-bond acceptors (Lipinski definition) is 2. The second-order valence-electron chi connectivity index (χ2n) is 5.21. The van der Waals surface area contributed by atoms with E-state index in [-0.39, 0.29) is 0 Å². The van der Waals surface area contributed by atoms with Gasteiger partial charge in [-0.25, -0.2) is 0 Å². The van der Waals surface area contributed by atoms with Gasteiger partial charge in [-0.1, -0.05) is 36.4 Å². The Morgan fingerprint density at radius 1 is 0.895 bits per heavy atom. The van der Waals surface area contributed by atoms with Gasteiger partial charge in [0.1, 0.15) is 5.75 Å². The first-order valence-electron chi connectivity index (χ1n) is 6.88. The fourth-order valence-corrected chi connectivity index (χ4v) is 2.79. The monoisotopic (exact) mass is 253 g/mol. The predicted molar refractivity (Wildman–Crippen MR) is 77.2 cm³/mol. The molecule has 0 aliphatic carbocycles. The van der Waals surface area contributed by atoms with Gasteiger partial charge in [0.15, 0.2) is 0 Å². The van der Waals surface area contributed by atoms with Crippen molar-refractivity contribution in [3.63, 3.8) is 0 Å². The molecular formula is C17H19NO. The molecule has 0 saturated heterocycles. The first-order valence-corrected chi connectivity index (χ1v) is 6.88. The van der Waals surface area contributed by atoms with Gasteiger partial charge in [-0.15, -0.1) is 0 Å². The maximum atomic E-state index is 9.52. The normalized spacial score (nSPS) is 15.8. The summed E-state index contributed by atoms with van der Waals surface area (Å²) in [6, 6.07) is 16.3. The molecule has 1 aliphatic rings. The van der Waals surface area contributed by atoms with Gasteiger partial charge in [0.2, 0.25) is 0 Å². The van der Waals surface area contributed by atoms with Crippen LogP contribution in [0.4, 0.5) is 0 Å². The minimum absolute atomic E-state index is 0.357. The second kappa shape index (κ2) is 5.45. The van der Waals surface area contributed by atoms with Gasteiger partial charge in [-0.3, -0.25) is 4.90 Å². The molecule has 0 aromatic heterocycles. The van der Waals surface area contributed by atoms with E-state index >= 15 is 0 Å². The van der Waals surface area contributed by atoms with Crippen LogP contribution in [0.2, 0.25) is 0 Å². The zero-order chi connectivity index (χ0) is 13.1. The largest absolute Gasteiger partial charge is 0.508 e. The smallest absolute Gasteiger partial charge is 0.115 e. The molecule has 0 saturated carbocycles. The fourth-order valence-electron chi connectivity index (χ4n) is 2.79. The predicted octanol–water partition coefficient (Wildman–Crippen LogP) is 2.99. The Morgan fingerprint density at radius 2 is 1.58 bits per heavy atom. The summed E-state index contributed by atoms with van der Waals surface area (Å²) in [4.78, 5) is 2.47. The highest BCUT2D eigenvalue weighted by Crippen LogP contribution is 2.18. The van der Waals surface area contributed by atoms with E-state index in [1.807, 2.05) is 12.1 Å². The highest BCUT2D eigenvalue weighted by molar-refractivity contribution is 5.29. The summed E-state index contributed by atoms with van der Waals surface area (Å²) >= 11 is 0. The van der Waals surface area contributed by atoms with E-state index in [0.29, 0.717) is 5.75 Å². The van der Waals surface area contributed by atoms with Crippen LogP contribution >= 0.6 is 0 Å². The Kier molecular flexibility index (Phi) is 3.51. The molecule has 2 aromatic rings. The summed E-state index contributed by atoms with van der Waals surface area (Å²) in [7, 11) is 0. The lowest BCUT2D eigenvalue weighted by molar-refractivity contribution is 0.279. The molecule has 0 unspecified atom stereocenters. The molecule has 0 bridgehead atoms. The third-order valence-corrected chi connectivity index (χ3v) is 3.83. The van der Waals surface area contributed by atoms with E-state index in [1.165, 1.54) is 16.7 Å². The second-order valence-corrected chi connectivity index (χ2v) is 5.21. The first-order chi connectivity index (χ1) is 9.31. The van der Waals surface area contributed by atoms with Crippen molar-refractivity contribution in [2.75, 3.05) is 13.1 Å². The lowest BCUT2D eigenvalue weighted by Gasteiger charge is -2.19. The zero-order valence-electron chi connectivity index (χ0n) is 11.0. The Labute approximate surface area is 114 Å². The molecule has 19 heavy (non-hydrogen) atoms. The van der Waals surface area contributed by atoms with Crippen molar-refractivity contribution in [3.8, 4) is 5.75 Å². The van der Waals surface area contributed by atoms with Gasteiger partial charge in [0, 0.05) is 19.6 Å². The van der Waals surface area contributed by atoms with Crippen LogP contribution in [0.1, 0.15) is 16.7 Å². The average molecular weight is 253 g/mol. The minimum atomic E-state index is 0.357. The molecule has 0 radical (unpaired) electrons. The van der Waals surface area contributed by atoms with Crippen LogP contribution in [0.15, 0.2) is 48.5 Å². The van der Waals surface area contributed by atoms with Crippen LogP contribution in [0.5, 0.6) is 5.75 Å². The van der Waals surface area contributed by atoms with Gasteiger partial charge >= 0.3 is 0 Å². The molecule has 2 aromatic carbocycles. The van der Waals surface area contributed by atoms with Crippen molar-refractivity contribution in [3.05, 3.63) is 65.2 Å². The van der Waals surface area contributed by atoms with Gasteiger partial charge in [0.05, 0.1) is 0 Å². The molecule has 1 aliphatic heterocycles. The van der Waals surface area contributed by atoms with Gasteiger partial charge in [-0.05, 0) is 41.7 Å². The molecular weight excluding hydrogens is 234 g/mol. The lowest BCUT2D eigenvalue weighted by atomic mass is 10.0. The Bertz CT molecular complexity index is 538. The number of benzene rings is 2. The Balaban J connectivity index is 1.69. The van der Waals surface area contributed by atoms with E-state index < -0.39 is 0 Å². The molecule has 0 fully saturated rings. The number of nitrogens with zero attached hydrogens (tertiary/aromatic N) is 1. The molecule has 98 valence electrons. The summed E-state index contributed by atoms with van der Waals surface area (Å²) in [5, 5.41) is 9.52. The minimum Gasteiger partial charge on any atom is -0.508 e. The summed E-state index contributed by atoms with van der Waals surface area (Å²) in [5.41, 5.74) is 4.16. The van der Waals surface area contributed by atoms with E-state index in [2.05, 4.69) is 35.2 Å². The summed E-state index contributed by atoms with van der Waals surface area (Å²) in [6.07, 6.45) is 2.24. The van der Waals surface area contributed by atoms with Gasteiger partial charge in [-0.2, -0.15) is 0 Å². The lowest BCUT2D eigenvalue weighted by Crippen LogP contribution is -2.25. The molecule has 0 amide bonds. The van der Waals surface area contributed by atoms with Crippen molar-refractivity contribution in [1.82, 2.24) is 4.90 Å². The average Bonchev–Trinajstić information content (AvgIpc) is 2.62. The van der Waals surface area contributed by atoms with E-state index in [0.717, 1.165) is 32.5 Å². The molecule has 3 rings (SSSR count). The SMILES string of the molecule is Oc1cccc(CN2CCc3ccccc3CC2)c1. The number of phenols is 1. The van der Waals surface area contributed by atoms with E-state index in [1.54, 1.807) is 6.07 Å². The van der Waals surface area contributed by atoms with E-state index in [4.69, 9.17) is 0 Å². The van der Waals surface area contributed by atoms with Crippen LogP contribution in [-0.4, -0.2) is 23.1 Å². The van der Waals surface area contributed by atoms with Gasteiger partial charge in [0.25, 0.3) is 0 Å². The number of phenolic OH excluding ortho intramolecular Hbond substituents is 1. The van der Waals surface area contributed by atoms with Crippen molar-refractivity contribution in [2.45, 2.75) is 19.4 Å².